The Labute approximate surface area is 525 Å². The molecule has 84 heavy (non-hydrogen) atoms. The molecule has 496 valence electrons. The van der Waals surface area contributed by atoms with Crippen molar-refractivity contribution in [1.29, 1.82) is 0 Å². The van der Waals surface area contributed by atoms with Crippen molar-refractivity contribution in [2.75, 3.05) is 13.2 Å². The van der Waals surface area contributed by atoms with Gasteiger partial charge in [0.2, 0.25) is 5.91 Å². The van der Waals surface area contributed by atoms with E-state index in [4.69, 9.17) is 4.74 Å². The van der Waals surface area contributed by atoms with E-state index in [0.717, 1.165) is 44.9 Å². The summed E-state index contributed by atoms with van der Waals surface area (Å²) in [4.78, 5) is 24.6. The zero-order chi connectivity index (χ0) is 60.6. The number of unbranched alkanes of at least 4 members (excludes halogenated alkanes) is 57. The summed E-state index contributed by atoms with van der Waals surface area (Å²) in [5, 5.41) is 23.2. The van der Waals surface area contributed by atoms with Gasteiger partial charge in [-0.25, -0.2) is 0 Å². The molecule has 0 spiro atoms. The van der Waals surface area contributed by atoms with Crippen molar-refractivity contribution in [2.24, 2.45) is 0 Å². The van der Waals surface area contributed by atoms with E-state index < -0.39 is 12.1 Å². The van der Waals surface area contributed by atoms with Gasteiger partial charge >= 0.3 is 5.97 Å². The van der Waals surface area contributed by atoms with Gasteiger partial charge < -0.3 is 20.3 Å². The van der Waals surface area contributed by atoms with Crippen LogP contribution in [0.1, 0.15) is 425 Å². The van der Waals surface area contributed by atoms with Gasteiger partial charge in [-0.15, -0.1) is 0 Å². The first-order valence-corrected chi connectivity index (χ1v) is 38.3. The lowest BCUT2D eigenvalue weighted by atomic mass is 10.0. The highest BCUT2D eigenvalue weighted by molar-refractivity contribution is 5.76. The number of esters is 1. The average molecular weight is 1180 g/mol. The van der Waals surface area contributed by atoms with Crippen molar-refractivity contribution >= 4 is 11.9 Å². The fourth-order valence-electron chi connectivity index (χ4n) is 12.0. The monoisotopic (exact) mass is 1180 g/mol. The molecule has 0 aliphatic heterocycles. The molecule has 0 heterocycles. The summed E-state index contributed by atoms with van der Waals surface area (Å²) in [7, 11) is 0. The number of aliphatic hydroxyl groups excluding tert-OH is 2. The number of rotatable bonds is 72. The minimum atomic E-state index is -0.841. The van der Waals surface area contributed by atoms with Crippen LogP contribution in [0, 0.1) is 0 Å². The van der Waals surface area contributed by atoms with Gasteiger partial charge in [-0.1, -0.05) is 365 Å². The topological polar surface area (TPSA) is 95.9 Å². The van der Waals surface area contributed by atoms with Crippen molar-refractivity contribution in [3.63, 3.8) is 0 Å². The lowest BCUT2D eigenvalue weighted by molar-refractivity contribution is -0.143. The van der Waals surface area contributed by atoms with E-state index in [0.29, 0.717) is 19.4 Å². The number of aliphatic hydroxyl groups is 2. The second-order valence-corrected chi connectivity index (χ2v) is 26.3. The Kier molecular flexibility index (Phi) is 71.9. The lowest BCUT2D eigenvalue weighted by Gasteiger charge is -2.20. The maximum Gasteiger partial charge on any atom is 0.305 e. The molecule has 3 N–H and O–H groups in total. The van der Waals surface area contributed by atoms with Crippen LogP contribution in [-0.4, -0.2) is 47.4 Å². The van der Waals surface area contributed by atoms with Gasteiger partial charge in [0.1, 0.15) is 0 Å². The van der Waals surface area contributed by atoms with Crippen molar-refractivity contribution < 1.29 is 24.5 Å². The van der Waals surface area contributed by atoms with E-state index in [2.05, 4.69) is 43.5 Å². The minimum absolute atomic E-state index is 0.0144. The van der Waals surface area contributed by atoms with Crippen molar-refractivity contribution in [2.45, 2.75) is 437 Å². The van der Waals surface area contributed by atoms with Gasteiger partial charge in [-0.2, -0.15) is 0 Å². The third-order valence-corrected chi connectivity index (χ3v) is 17.9. The van der Waals surface area contributed by atoms with E-state index >= 15 is 0 Å². The Hall–Kier alpha value is -1.92. The molecule has 0 aromatic rings. The molecular formula is C78H149NO5. The van der Waals surface area contributed by atoms with E-state index in [1.807, 2.05) is 6.08 Å². The van der Waals surface area contributed by atoms with Crippen molar-refractivity contribution in [3.8, 4) is 0 Å². The van der Waals surface area contributed by atoms with Crippen LogP contribution in [0.15, 0.2) is 36.5 Å². The normalized spacial score (nSPS) is 12.7. The Morgan fingerprint density at radius 1 is 0.321 bits per heavy atom. The summed E-state index contributed by atoms with van der Waals surface area (Å²) >= 11 is 0. The van der Waals surface area contributed by atoms with Crippen molar-refractivity contribution in [1.82, 2.24) is 5.32 Å². The first kappa shape index (κ1) is 82.1. The number of hydrogen-bond acceptors (Lipinski definition) is 5. The maximum absolute atomic E-state index is 12.5. The van der Waals surface area contributed by atoms with Crippen LogP contribution in [-0.2, 0) is 14.3 Å². The van der Waals surface area contributed by atoms with Gasteiger partial charge in [0.15, 0.2) is 0 Å². The highest BCUT2D eigenvalue weighted by Gasteiger charge is 2.18. The van der Waals surface area contributed by atoms with Crippen LogP contribution in [0.25, 0.3) is 0 Å². The van der Waals surface area contributed by atoms with Crippen LogP contribution in [0.5, 0.6) is 0 Å². The number of nitrogens with one attached hydrogen (secondary N) is 1. The molecule has 1 amide bonds. The largest absolute Gasteiger partial charge is 0.466 e. The van der Waals surface area contributed by atoms with E-state index in [-0.39, 0.29) is 18.5 Å². The molecule has 0 aromatic carbocycles. The molecule has 0 rings (SSSR count). The lowest BCUT2D eigenvalue weighted by Crippen LogP contribution is -2.45. The number of amides is 1. The SMILES string of the molecule is CCCCCCCCC/C=C\CCCCCCCC(=O)OCCCCCCCCCCCCCCCCCC/C=C\CCCCCCCCCCCCCCCCCCCC(=O)NC(CO)C(O)/C=C/CCCCCCCCCCCCCC. The molecular weight excluding hydrogens is 1030 g/mol. The fraction of sp³-hybridized carbons (Fsp3) is 0.897. The molecule has 2 unspecified atom stereocenters. The molecule has 6 nitrogen and oxygen atoms in total. The molecule has 0 aliphatic rings. The summed E-state index contributed by atoms with van der Waals surface area (Å²) in [6.45, 7) is 4.93. The predicted molar refractivity (Wildman–Crippen MR) is 370 cm³/mol. The van der Waals surface area contributed by atoms with Crippen LogP contribution < -0.4 is 5.32 Å². The standard InChI is InChI=1S/C78H149NO5/c1-3-5-7-9-11-13-15-17-19-44-48-52-56-60-64-68-72-78(83)84-73-69-65-61-57-53-49-45-42-40-38-36-34-32-30-28-26-24-22-20-21-23-25-27-29-31-33-35-37-39-41-43-47-51-55-59-63-67-71-77(82)79-75(74-80)76(81)70-66-62-58-54-50-46-18-16-14-12-10-8-6-4-2/h19-20,22,44,66,70,75-76,80-81H,3-18,21,23-43,45-65,67-69,71-74H2,1-2H3,(H,79,82)/b22-20-,44-19-,70-66+. The number of ether oxygens (including phenoxy) is 1. The Morgan fingerprint density at radius 2 is 0.560 bits per heavy atom. The van der Waals surface area contributed by atoms with Gasteiger partial charge in [-0.05, 0) is 83.5 Å². The van der Waals surface area contributed by atoms with E-state index in [1.165, 1.54) is 353 Å². The van der Waals surface area contributed by atoms with Crippen LogP contribution in [0.3, 0.4) is 0 Å². The van der Waals surface area contributed by atoms with Crippen LogP contribution >= 0.6 is 0 Å². The molecule has 0 fully saturated rings. The summed E-state index contributed by atoms with van der Waals surface area (Å²) < 4.78 is 5.50. The molecule has 0 aromatic heterocycles. The zero-order valence-electron chi connectivity index (χ0n) is 56.9. The second-order valence-electron chi connectivity index (χ2n) is 26.3. The van der Waals surface area contributed by atoms with Gasteiger partial charge in [0, 0.05) is 12.8 Å². The highest BCUT2D eigenvalue weighted by Crippen LogP contribution is 2.19. The molecule has 0 aliphatic carbocycles. The minimum Gasteiger partial charge on any atom is -0.466 e. The maximum atomic E-state index is 12.5. The van der Waals surface area contributed by atoms with Crippen LogP contribution in [0.4, 0.5) is 0 Å². The first-order chi connectivity index (χ1) is 41.5. The quantitative estimate of drug-likeness (QED) is 0.0320. The second kappa shape index (κ2) is 73.5. The first-order valence-electron chi connectivity index (χ1n) is 38.3. The van der Waals surface area contributed by atoms with E-state index in [1.54, 1.807) is 6.08 Å². The molecule has 0 bridgehead atoms. The highest BCUT2D eigenvalue weighted by atomic mass is 16.5. The molecule has 2 atom stereocenters. The van der Waals surface area contributed by atoms with Crippen molar-refractivity contribution in [3.05, 3.63) is 36.5 Å². The summed E-state index contributed by atoms with van der Waals surface area (Å²) in [6.07, 6.45) is 95.5. The molecule has 0 radical (unpaired) electrons. The van der Waals surface area contributed by atoms with Crippen LogP contribution in [0.2, 0.25) is 0 Å². The fourth-order valence-corrected chi connectivity index (χ4v) is 12.0. The Bertz CT molecular complexity index is 1360. The summed E-state index contributed by atoms with van der Waals surface area (Å²) in [6, 6.07) is -0.624. The third kappa shape index (κ3) is 69.2. The van der Waals surface area contributed by atoms with Gasteiger partial charge in [0.05, 0.1) is 25.4 Å². The summed E-state index contributed by atoms with van der Waals surface area (Å²) in [5.41, 5.74) is 0. The number of carbonyl (C=O) groups is 2. The number of carbonyl (C=O) groups excluding carboxylic acids is 2. The Balaban J connectivity index is 3.33. The Morgan fingerprint density at radius 3 is 0.845 bits per heavy atom. The summed E-state index contributed by atoms with van der Waals surface area (Å²) in [5.74, 6) is -0.0475. The van der Waals surface area contributed by atoms with E-state index in [9.17, 15) is 19.8 Å². The molecule has 0 saturated carbocycles. The molecule has 6 heteroatoms. The zero-order valence-corrected chi connectivity index (χ0v) is 56.9. The smallest absolute Gasteiger partial charge is 0.305 e. The molecule has 0 saturated heterocycles. The third-order valence-electron chi connectivity index (χ3n) is 17.9. The number of allylic oxidation sites excluding steroid dienone is 5. The number of hydrogen-bond donors (Lipinski definition) is 3. The predicted octanol–water partition coefficient (Wildman–Crippen LogP) is 25.0. The van der Waals surface area contributed by atoms with Gasteiger partial charge in [-0.3, -0.25) is 9.59 Å². The average Bonchev–Trinajstić information content (AvgIpc) is 3.51. The van der Waals surface area contributed by atoms with Gasteiger partial charge in [0.25, 0.3) is 0 Å².